The molecule has 3 heterocycles. The van der Waals surface area contributed by atoms with E-state index in [0.717, 1.165) is 43.6 Å². The molecule has 6 heteroatoms. The number of rotatable bonds is 5. The molecule has 0 aliphatic carbocycles. The molecule has 0 spiro atoms. The van der Waals surface area contributed by atoms with Crippen LogP contribution in [-0.2, 0) is 11.3 Å². The number of aromatic nitrogens is 4. The number of hydrogen-bond acceptors (Lipinski definition) is 5. The third kappa shape index (κ3) is 3.34. The van der Waals surface area contributed by atoms with Gasteiger partial charge in [-0.2, -0.15) is 5.10 Å². The summed E-state index contributed by atoms with van der Waals surface area (Å²) in [5, 5.41) is 7.30. The van der Waals surface area contributed by atoms with Crippen molar-refractivity contribution in [3.63, 3.8) is 0 Å². The van der Waals surface area contributed by atoms with Crippen LogP contribution in [0.2, 0.25) is 0 Å². The van der Waals surface area contributed by atoms with E-state index in [1.165, 1.54) is 5.56 Å². The summed E-state index contributed by atoms with van der Waals surface area (Å²) in [6.07, 6.45) is 1.92. The third-order valence-electron chi connectivity index (χ3n) is 4.20. The topological polar surface area (TPSA) is 66.9 Å². The van der Waals surface area contributed by atoms with Gasteiger partial charge in [0.1, 0.15) is 5.82 Å². The SMILES string of the molecule is COC[C@@H]1CN(Cc2ccc(C)cn2)C[C@H]1c1n[nH]c(C)n1. The summed E-state index contributed by atoms with van der Waals surface area (Å²) < 4.78 is 5.39. The van der Waals surface area contributed by atoms with E-state index in [-0.39, 0.29) is 0 Å². The lowest BCUT2D eigenvalue weighted by atomic mass is 9.96. The minimum Gasteiger partial charge on any atom is -0.384 e. The van der Waals surface area contributed by atoms with Crippen molar-refractivity contribution in [1.82, 2.24) is 25.1 Å². The summed E-state index contributed by atoms with van der Waals surface area (Å²) >= 11 is 0. The average molecular weight is 301 g/mol. The molecule has 0 saturated carbocycles. The van der Waals surface area contributed by atoms with Crippen LogP contribution in [0.5, 0.6) is 0 Å². The molecule has 1 aliphatic heterocycles. The van der Waals surface area contributed by atoms with Crippen molar-refractivity contribution in [3.8, 4) is 0 Å². The smallest absolute Gasteiger partial charge is 0.155 e. The first-order valence-electron chi connectivity index (χ1n) is 7.67. The van der Waals surface area contributed by atoms with Gasteiger partial charge in [0.05, 0.1) is 12.3 Å². The van der Waals surface area contributed by atoms with Crippen LogP contribution in [0, 0.1) is 19.8 Å². The summed E-state index contributed by atoms with van der Waals surface area (Å²) in [5.74, 6) is 2.50. The summed E-state index contributed by atoms with van der Waals surface area (Å²) in [5.41, 5.74) is 2.30. The molecule has 0 amide bonds. The van der Waals surface area contributed by atoms with Gasteiger partial charge in [0.2, 0.25) is 0 Å². The van der Waals surface area contributed by atoms with Crippen molar-refractivity contribution >= 4 is 0 Å². The quantitative estimate of drug-likeness (QED) is 0.910. The number of nitrogens with zero attached hydrogens (tertiary/aromatic N) is 4. The molecule has 1 fully saturated rings. The number of pyridine rings is 1. The molecule has 3 rings (SSSR count). The molecule has 1 N–H and O–H groups in total. The second-order valence-corrected chi connectivity index (χ2v) is 6.12. The molecular weight excluding hydrogens is 278 g/mol. The monoisotopic (exact) mass is 301 g/mol. The van der Waals surface area contributed by atoms with Crippen LogP contribution in [0.3, 0.4) is 0 Å². The van der Waals surface area contributed by atoms with E-state index in [9.17, 15) is 0 Å². The Bertz CT molecular complexity index is 609. The Hall–Kier alpha value is -1.79. The average Bonchev–Trinajstić information content (AvgIpc) is 3.08. The van der Waals surface area contributed by atoms with Gasteiger partial charge in [0.25, 0.3) is 0 Å². The zero-order valence-electron chi connectivity index (χ0n) is 13.4. The van der Waals surface area contributed by atoms with E-state index in [1.807, 2.05) is 13.1 Å². The maximum atomic E-state index is 5.39. The van der Waals surface area contributed by atoms with Gasteiger partial charge in [-0.25, -0.2) is 4.98 Å². The number of hydrogen-bond donors (Lipinski definition) is 1. The normalized spacial score (nSPS) is 22.3. The standard InChI is InChI=1S/C16H23N5O/c1-11-4-5-14(17-6-11)8-21-7-13(10-22-3)15(9-21)16-18-12(2)19-20-16/h4-6,13,15H,7-10H2,1-3H3,(H,18,19,20)/t13-,15+/m0/s1. The number of nitrogens with one attached hydrogen (secondary N) is 1. The molecular formula is C16H23N5O. The van der Waals surface area contributed by atoms with Gasteiger partial charge >= 0.3 is 0 Å². The van der Waals surface area contributed by atoms with Crippen LogP contribution in [0.25, 0.3) is 0 Å². The Morgan fingerprint density at radius 3 is 2.82 bits per heavy atom. The molecule has 118 valence electrons. The second-order valence-electron chi connectivity index (χ2n) is 6.12. The summed E-state index contributed by atoms with van der Waals surface area (Å²) in [4.78, 5) is 11.4. The molecule has 2 atom stereocenters. The van der Waals surface area contributed by atoms with Crippen LogP contribution in [0.15, 0.2) is 18.3 Å². The lowest BCUT2D eigenvalue weighted by Crippen LogP contribution is -2.21. The van der Waals surface area contributed by atoms with Gasteiger partial charge in [-0.3, -0.25) is 15.0 Å². The molecule has 0 radical (unpaired) electrons. The minimum absolute atomic E-state index is 0.315. The number of methoxy groups -OCH3 is 1. The number of H-pyrrole nitrogens is 1. The fraction of sp³-hybridized carbons (Fsp3) is 0.562. The molecule has 0 unspecified atom stereocenters. The maximum absolute atomic E-state index is 5.39. The Morgan fingerprint density at radius 1 is 1.32 bits per heavy atom. The van der Waals surface area contributed by atoms with Crippen molar-refractivity contribution in [1.29, 1.82) is 0 Å². The largest absolute Gasteiger partial charge is 0.384 e. The molecule has 1 saturated heterocycles. The number of aromatic amines is 1. The first kappa shape index (κ1) is 15.1. The predicted octanol–water partition coefficient (Wildman–Crippen LogP) is 1.68. The lowest BCUT2D eigenvalue weighted by Gasteiger charge is -2.15. The van der Waals surface area contributed by atoms with Crippen LogP contribution < -0.4 is 0 Å². The Balaban J connectivity index is 1.71. The zero-order valence-corrected chi connectivity index (χ0v) is 13.4. The molecule has 22 heavy (non-hydrogen) atoms. The summed E-state index contributed by atoms with van der Waals surface area (Å²) in [7, 11) is 1.75. The van der Waals surface area contributed by atoms with E-state index >= 15 is 0 Å². The van der Waals surface area contributed by atoms with Crippen molar-refractivity contribution in [2.24, 2.45) is 5.92 Å². The van der Waals surface area contributed by atoms with Crippen molar-refractivity contribution in [2.45, 2.75) is 26.3 Å². The fourth-order valence-electron chi connectivity index (χ4n) is 3.11. The first-order valence-corrected chi connectivity index (χ1v) is 7.67. The van der Waals surface area contributed by atoms with Crippen molar-refractivity contribution in [2.75, 3.05) is 26.8 Å². The van der Waals surface area contributed by atoms with Gasteiger partial charge in [0, 0.05) is 44.8 Å². The highest BCUT2D eigenvalue weighted by Gasteiger charge is 2.36. The molecule has 1 aliphatic rings. The van der Waals surface area contributed by atoms with E-state index in [4.69, 9.17) is 4.74 Å². The Kier molecular flexibility index (Phi) is 4.49. The Labute approximate surface area is 130 Å². The van der Waals surface area contributed by atoms with Gasteiger partial charge in [-0.1, -0.05) is 6.07 Å². The maximum Gasteiger partial charge on any atom is 0.155 e. The number of aryl methyl sites for hydroxylation is 2. The second kappa shape index (κ2) is 6.54. The van der Waals surface area contributed by atoms with E-state index in [0.29, 0.717) is 11.8 Å². The van der Waals surface area contributed by atoms with Gasteiger partial charge in [-0.15, -0.1) is 0 Å². The molecule has 6 nitrogen and oxygen atoms in total. The van der Waals surface area contributed by atoms with Crippen LogP contribution in [-0.4, -0.2) is 51.9 Å². The minimum atomic E-state index is 0.315. The molecule has 2 aromatic rings. The van der Waals surface area contributed by atoms with Crippen molar-refractivity contribution in [3.05, 3.63) is 41.2 Å². The van der Waals surface area contributed by atoms with Crippen LogP contribution in [0.1, 0.15) is 28.8 Å². The predicted molar refractivity (Wildman–Crippen MR) is 83.5 cm³/mol. The Morgan fingerprint density at radius 2 is 2.18 bits per heavy atom. The van der Waals surface area contributed by atoms with Crippen LogP contribution >= 0.6 is 0 Å². The van der Waals surface area contributed by atoms with E-state index in [1.54, 1.807) is 7.11 Å². The number of likely N-dealkylation sites (tertiary alicyclic amines) is 1. The highest BCUT2D eigenvalue weighted by Crippen LogP contribution is 2.31. The highest BCUT2D eigenvalue weighted by atomic mass is 16.5. The van der Waals surface area contributed by atoms with Crippen LogP contribution in [0.4, 0.5) is 0 Å². The molecule has 2 aromatic heterocycles. The van der Waals surface area contributed by atoms with E-state index < -0.39 is 0 Å². The number of ether oxygens (including phenoxy) is 1. The van der Waals surface area contributed by atoms with Gasteiger partial charge < -0.3 is 4.74 Å². The summed E-state index contributed by atoms with van der Waals surface area (Å²) in [6.45, 7) is 7.52. The third-order valence-corrected chi connectivity index (χ3v) is 4.20. The molecule has 0 aromatic carbocycles. The first-order chi connectivity index (χ1) is 10.7. The van der Waals surface area contributed by atoms with Gasteiger partial charge in [-0.05, 0) is 25.5 Å². The lowest BCUT2D eigenvalue weighted by molar-refractivity contribution is 0.146. The molecule has 0 bridgehead atoms. The van der Waals surface area contributed by atoms with Crippen molar-refractivity contribution < 1.29 is 4.74 Å². The van der Waals surface area contributed by atoms with Gasteiger partial charge in [0.15, 0.2) is 5.82 Å². The fourth-order valence-corrected chi connectivity index (χ4v) is 3.11. The summed E-state index contributed by atoms with van der Waals surface area (Å²) in [6, 6.07) is 4.21. The zero-order chi connectivity index (χ0) is 15.5. The van der Waals surface area contributed by atoms with E-state index in [2.05, 4.69) is 44.1 Å². The highest BCUT2D eigenvalue weighted by molar-refractivity contribution is 5.13.